The lowest BCUT2D eigenvalue weighted by molar-refractivity contribution is 0.303. The molecule has 5 heteroatoms. The Balaban J connectivity index is 1.83. The number of unbranched alkanes of at least 4 members (excludes halogenated alkanes) is 2. The molecule has 2 N–H and O–H groups in total. The molecule has 0 fully saturated rings. The second kappa shape index (κ2) is 7.34. The summed E-state index contributed by atoms with van der Waals surface area (Å²) in [6.07, 6.45) is 7.08. The van der Waals surface area contributed by atoms with Crippen LogP contribution in [0.4, 0.5) is 15.9 Å². The number of nitrogens with zero attached hydrogens (tertiary/aromatic N) is 2. The second-order valence-corrected chi connectivity index (χ2v) is 5.89. The van der Waals surface area contributed by atoms with Crippen LogP contribution in [0.5, 0.6) is 5.75 Å². The number of benzene rings is 1. The van der Waals surface area contributed by atoms with E-state index >= 15 is 0 Å². The number of anilines is 2. The fraction of sp³-hybridized carbons (Fsp3) is 0.316. The molecule has 4 nitrogen and oxygen atoms in total. The average molecular weight is 327 g/mol. The van der Waals surface area contributed by atoms with Gasteiger partial charge in [-0.05, 0) is 30.7 Å². The van der Waals surface area contributed by atoms with Crippen molar-refractivity contribution in [2.45, 2.75) is 32.7 Å². The molecule has 1 aromatic carbocycles. The van der Waals surface area contributed by atoms with E-state index in [1.54, 1.807) is 12.1 Å². The summed E-state index contributed by atoms with van der Waals surface area (Å²) < 4.78 is 19.4. The molecule has 0 atom stereocenters. The Bertz CT molecular complexity index is 745. The number of nitrogen functional groups attached to an aromatic ring is 1. The third-order valence-corrected chi connectivity index (χ3v) is 4.02. The van der Waals surface area contributed by atoms with Crippen LogP contribution < -0.4 is 15.4 Å². The molecule has 1 aliphatic heterocycles. The molecule has 0 saturated carbocycles. The quantitative estimate of drug-likeness (QED) is 0.801. The van der Waals surface area contributed by atoms with Crippen molar-refractivity contribution in [1.82, 2.24) is 4.98 Å². The van der Waals surface area contributed by atoms with Crippen LogP contribution in [0.3, 0.4) is 0 Å². The van der Waals surface area contributed by atoms with Gasteiger partial charge in [0.15, 0.2) is 0 Å². The smallest absolute Gasteiger partial charge is 0.130 e. The van der Waals surface area contributed by atoms with Gasteiger partial charge in [-0.1, -0.05) is 25.8 Å². The average Bonchev–Trinajstić information content (AvgIpc) is 2.58. The molecule has 126 valence electrons. The summed E-state index contributed by atoms with van der Waals surface area (Å²) >= 11 is 0. The normalized spacial score (nSPS) is 13.0. The van der Waals surface area contributed by atoms with E-state index in [0.717, 1.165) is 42.0 Å². The van der Waals surface area contributed by atoms with Crippen molar-refractivity contribution >= 4 is 17.6 Å². The van der Waals surface area contributed by atoms with Crippen LogP contribution in [-0.4, -0.2) is 11.6 Å². The number of nitrogens with two attached hydrogens (primary N) is 1. The fourth-order valence-corrected chi connectivity index (χ4v) is 2.76. The molecule has 0 radical (unpaired) electrons. The van der Waals surface area contributed by atoms with E-state index in [9.17, 15) is 4.39 Å². The summed E-state index contributed by atoms with van der Waals surface area (Å²) in [4.78, 5) is 6.35. The highest BCUT2D eigenvalue weighted by Gasteiger charge is 2.19. The Morgan fingerprint density at radius 1 is 1.29 bits per heavy atom. The molecule has 2 heterocycles. The van der Waals surface area contributed by atoms with Crippen molar-refractivity contribution < 1.29 is 9.13 Å². The van der Waals surface area contributed by atoms with Gasteiger partial charge in [0, 0.05) is 23.5 Å². The van der Waals surface area contributed by atoms with E-state index in [4.69, 9.17) is 10.5 Å². The molecule has 0 unspecified atom stereocenters. The first-order valence-electron chi connectivity index (χ1n) is 8.30. The minimum Gasteiger partial charge on any atom is -0.493 e. The molecule has 24 heavy (non-hydrogen) atoms. The van der Waals surface area contributed by atoms with Gasteiger partial charge in [0.25, 0.3) is 0 Å². The topological polar surface area (TPSA) is 51.4 Å². The summed E-state index contributed by atoms with van der Waals surface area (Å²) in [5.74, 6) is 0.959. The standard InChI is InChI=1S/C19H22FN3O/c1-2-3-4-10-24-18-12-19(21)22-17-8-9-23(13-16(17)18)15-7-5-6-14(20)11-15/h5-9,11-12H,2-4,10,13H2,1H3,(H2,21,22). The summed E-state index contributed by atoms with van der Waals surface area (Å²) in [5, 5.41) is 0. The number of pyridine rings is 1. The Kier molecular flexibility index (Phi) is 4.99. The van der Waals surface area contributed by atoms with E-state index in [0.29, 0.717) is 19.0 Å². The first kappa shape index (κ1) is 16.3. The molecule has 0 spiro atoms. The first-order chi connectivity index (χ1) is 11.7. The highest BCUT2D eigenvalue weighted by Crippen LogP contribution is 2.32. The first-order valence-corrected chi connectivity index (χ1v) is 8.30. The highest BCUT2D eigenvalue weighted by atomic mass is 19.1. The van der Waals surface area contributed by atoms with Crippen molar-refractivity contribution in [3.63, 3.8) is 0 Å². The number of aromatic nitrogens is 1. The zero-order valence-corrected chi connectivity index (χ0v) is 13.8. The number of hydrogen-bond donors (Lipinski definition) is 1. The lowest BCUT2D eigenvalue weighted by atomic mass is 10.1. The Morgan fingerprint density at radius 3 is 2.96 bits per heavy atom. The van der Waals surface area contributed by atoms with Gasteiger partial charge in [-0.3, -0.25) is 0 Å². The Labute approximate surface area is 141 Å². The maximum Gasteiger partial charge on any atom is 0.130 e. The zero-order valence-electron chi connectivity index (χ0n) is 13.8. The van der Waals surface area contributed by atoms with Gasteiger partial charge < -0.3 is 15.4 Å². The number of hydrogen-bond acceptors (Lipinski definition) is 4. The second-order valence-electron chi connectivity index (χ2n) is 5.89. The zero-order chi connectivity index (χ0) is 16.9. The fourth-order valence-electron chi connectivity index (χ4n) is 2.76. The molecule has 3 rings (SSSR count). The van der Waals surface area contributed by atoms with Crippen LogP contribution in [0.2, 0.25) is 0 Å². The van der Waals surface area contributed by atoms with Crippen molar-refractivity contribution in [2.24, 2.45) is 0 Å². The van der Waals surface area contributed by atoms with E-state index in [2.05, 4.69) is 11.9 Å². The van der Waals surface area contributed by atoms with Crippen molar-refractivity contribution in [3.05, 3.63) is 53.6 Å². The van der Waals surface area contributed by atoms with Gasteiger partial charge >= 0.3 is 0 Å². The van der Waals surface area contributed by atoms with Gasteiger partial charge in [-0.15, -0.1) is 0 Å². The Morgan fingerprint density at radius 2 is 2.17 bits per heavy atom. The maximum atomic E-state index is 13.5. The van der Waals surface area contributed by atoms with Crippen molar-refractivity contribution in [2.75, 3.05) is 17.2 Å². The molecule has 0 amide bonds. The Hall–Kier alpha value is -2.56. The number of ether oxygens (including phenoxy) is 1. The highest BCUT2D eigenvalue weighted by molar-refractivity contribution is 5.66. The third kappa shape index (κ3) is 3.67. The summed E-state index contributed by atoms with van der Waals surface area (Å²) in [6, 6.07) is 8.31. The molecule has 0 aliphatic carbocycles. The van der Waals surface area contributed by atoms with Crippen LogP contribution in [0.25, 0.3) is 6.08 Å². The SMILES string of the molecule is CCCCCOc1cc(N)nc2c1CN(c1cccc(F)c1)C=C2. The molecular formula is C19H22FN3O. The predicted octanol–water partition coefficient (Wildman–Crippen LogP) is 4.36. The monoisotopic (exact) mass is 327 g/mol. The molecule has 0 saturated heterocycles. The van der Waals surface area contributed by atoms with Gasteiger partial charge in [-0.2, -0.15) is 0 Å². The minimum absolute atomic E-state index is 0.252. The number of rotatable bonds is 6. The van der Waals surface area contributed by atoms with Gasteiger partial charge in [-0.25, -0.2) is 9.37 Å². The van der Waals surface area contributed by atoms with Crippen molar-refractivity contribution in [1.29, 1.82) is 0 Å². The lowest BCUT2D eigenvalue weighted by Gasteiger charge is -2.26. The molecular weight excluding hydrogens is 305 g/mol. The van der Waals surface area contributed by atoms with E-state index in [1.165, 1.54) is 12.1 Å². The van der Waals surface area contributed by atoms with Crippen LogP contribution in [0.15, 0.2) is 36.5 Å². The largest absolute Gasteiger partial charge is 0.493 e. The number of halogens is 1. The predicted molar refractivity (Wildman–Crippen MR) is 95.3 cm³/mol. The van der Waals surface area contributed by atoms with Crippen LogP contribution >= 0.6 is 0 Å². The molecule has 2 aromatic rings. The maximum absolute atomic E-state index is 13.5. The van der Waals surface area contributed by atoms with Gasteiger partial charge in [0.2, 0.25) is 0 Å². The van der Waals surface area contributed by atoms with Crippen molar-refractivity contribution in [3.8, 4) is 5.75 Å². The van der Waals surface area contributed by atoms with Crippen LogP contribution in [0, 0.1) is 5.82 Å². The summed E-state index contributed by atoms with van der Waals surface area (Å²) in [7, 11) is 0. The summed E-state index contributed by atoms with van der Waals surface area (Å²) in [5.41, 5.74) is 8.48. The summed E-state index contributed by atoms with van der Waals surface area (Å²) in [6.45, 7) is 3.40. The molecule has 1 aliphatic rings. The van der Waals surface area contributed by atoms with E-state index in [-0.39, 0.29) is 5.82 Å². The van der Waals surface area contributed by atoms with Crippen LogP contribution in [-0.2, 0) is 6.54 Å². The molecule has 1 aromatic heterocycles. The minimum atomic E-state index is -0.252. The van der Waals surface area contributed by atoms with E-state index < -0.39 is 0 Å². The van der Waals surface area contributed by atoms with E-state index in [1.807, 2.05) is 23.2 Å². The third-order valence-electron chi connectivity index (χ3n) is 4.02. The molecule has 0 bridgehead atoms. The lowest BCUT2D eigenvalue weighted by Crippen LogP contribution is -2.21. The van der Waals surface area contributed by atoms with Gasteiger partial charge in [0.1, 0.15) is 17.4 Å². The van der Waals surface area contributed by atoms with Crippen LogP contribution in [0.1, 0.15) is 37.4 Å². The number of fused-ring (bicyclic) bond motifs is 1. The van der Waals surface area contributed by atoms with Gasteiger partial charge in [0.05, 0.1) is 18.8 Å².